The van der Waals surface area contributed by atoms with Crippen LogP contribution in [0.4, 0.5) is 0 Å². The zero-order valence-electron chi connectivity index (χ0n) is 12.2. The lowest BCUT2D eigenvalue weighted by atomic mass is 10.1. The second kappa shape index (κ2) is 5.46. The Morgan fingerprint density at radius 3 is 2.60 bits per heavy atom. The van der Waals surface area contributed by atoms with Crippen molar-refractivity contribution in [3.8, 4) is 5.75 Å². The van der Waals surface area contributed by atoms with Gasteiger partial charge in [0.2, 0.25) is 0 Å². The molecule has 0 spiro atoms. The molecule has 20 heavy (non-hydrogen) atoms. The van der Waals surface area contributed by atoms with Gasteiger partial charge in [-0.1, -0.05) is 0 Å². The Morgan fingerprint density at radius 2 is 1.85 bits per heavy atom. The molecule has 0 amide bonds. The Labute approximate surface area is 119 Å². The highest BCUT2D eigenvalue weighted by atomic mass is 16.5. The van der Waals surface area contributed by atoms with Crippen LogP contribution in [-0.2, 0) is 11.3 Å². The third-order valence-electron chi connectivity index (χ3n) is 4.12. The molecule has 1 aromatic heterocycles. The van der Waals surface area contributed by atoms with E-state index in [2.05, 4.69) is 29.4 Å². The molecule has 0 radical (unpaired) electrons. The van der Waals surface area contributed by atoms with E-state index in [0.29, 0.717) is 5.75 Å². The predicted octanol–water partition coefficient (Wildman–Crippen LogP) is 2.30. The topological polar surface area (TPSA) is 37.6 Å². The number of aromatic hydroxyl groups is 1. The van der Waals surface area contributed by atoms with Gasteiger partial charge in [-0.3, -0.25) is 4.90 Å². The van der Waals surface area contributed by atoms with Crippen molar-refractivity contribution in [1.29, 1.82) is 0 Å². The molecule has 1 aliphatic heterocycles. The number of hydrogen-bond donors (Lipinski definition) is 1. The highest BCUT2D eigenvalue weighted by Crippen LogP contribution is 2.27. The van der Waals surface area contributed by atoms with Crippen LogP contribution in [0.15, 0.2) is 18.2 Å². The van der Waals surface area contributed by atoms with Gasteiger partial charge in [-0.2, -0.15) is 0 Å². The number of fused-ring (bicyclic) bond motifs is 1. The Kier molecular flexibility index (Phi) is 3.68. The van der Waals surface area contributed by atoms with Gasteiger partial charge < -0.3 is 14.4 Å². The molecule has 1 N–H and O–H groups in total. The Morgan fingerprint density at radius 1 is 1.10 bits per heavy atom. The third kappa shape index (κ3) is 2.53. The average Bonchev–Trinajstić information content (AvgIpc) is 2.73. The van der Waals surface area contributed by atoms with Crippen molar-refractivity contribution in [2.45, 2.75) is 20.4 Å². The van der Waals surface area contributed by atoms with Gasteiger partial charge in [0.1, 0.15) is 5.75 Å². The predicted molar refractivity (Wildman–Crippen MR) is 80.3 cm³/mol. The van der Waals surface area contributed by atoms with Gasteiger partial charge in [-0.15, -0.1) is 0 Å². The molecule has 0 saturated carbocycles. The summed E-state index contributed by atoms with van der Waals surface area (Å²) in [5, 5.41) is 10.8. The fourth-order valence-electron chi connectivity index (χ4n) is 3.10. The number of aromatic nitrogens is 1. The van der Waals surface area contributed by atoms with Crippen molar-refractivity contribution in [1.82, 2.24) is 9.47 Å². The SMILES string of the molecule is Cc1cc(O)cc2cc(C)n(CCN3CCOCC3)c12. The van der Waals surface area contributed by atoms with Crippen LogP contribution in [-0.4, -0.2) is 47.4 Å². The lowest BCUT2D eigenvalue weighted by Crippen LogP contribution is -2.38. The molecule has 0 aliphatic carbocycles. The van der Waals surface area contributed by atoms with E-state index in [9.17, 15) is 5.11 Å². The van der Waals surface area contributed by atoms with Gasteiger partial charge in [0.05, 0.1) is 18.7 Å². The number of rotatable bonds is 3. The number of aryl methyl sites for hydroxylation is 2. The molecule has 1 aromatic carbocycles. The zero-order chi connectivity index (χ0) is 14.1. The average molecular weight is 274 g/mol. The van der Waals surface area contributed by atoms with E-state index in [1.807, 2.05) is 12.1 Å². The first-order chi connectivity index (χ1) is 9.65. The van der Waals surface area contributed by atoms with Crippen LogP contribution in [0.2, 0.25) is 0 Å². The number of hydrogen-bond acceptors (Lipinski definition) is 3. The van der Waals surface area contributed by atoms with Crippen molar-refractivity contribution in [2.75, 3.05) is 32.8 Å². The number of phenolic OH excluding ortho intramolecular Hbond substituents is 1. The Hall–Kier alpha value is -1.52. The highest BCUT2D eigenvalue weighted by molar-refractivity contribution is 5.85. The van der Waals surface area contributed by atoms with E-state index in [4.69, 9.17) is 4.74 Å². The molecular weight excluding hydrogens is 252 g/mol. The van der Waals surface area contributed by atoms with Crippen LogP contribution in [0.5, 0.6) is 5.75 Å². The lowest BCUT2D eigenvalue weighted by molar-refractivity contribution is 0.0365. The van der Waals surface area contributed by atoms with Crippen molar-refractivity contribution < 1.29 is 9.84 Å². The van der Waals surface area contributed by atoms with E-state index in [0.717, 1.165) is 50.3 Å². The number of nitrogens with zero attached hydrogens (tertiary/aromatic N) is 2. The summed E-state index contributed by atoms with van der Waals surface area (Å²) in [6.07, 6.45) is 0. The van der Waals surface area contributed by atoms with E-state index in [1.54, 1.807) is 0 Å². The minimum absolute atomic E-state index is 0.348. The number of benzene rings is 1. The summed E-state index contributed by atoms with van der Waals surface area (Å²) >= 11 is 0. The van der Waals surface area contributed by atoms with Crippen molar-refractivity contribution in [3.05, 3.63) is 29.5 Å². The maximum atomic E-state index is 9.71. The number of morpholine rings is 1. The minimum Gasteiger partial charge on any atom is -0.508 e. The summed E-state index contributed by atoms with van der Waals surface area (Å²) in [4.78, 5) is 2.45. The van der Waals surface area contributed by atoms with Gasteiger partial charge in [0.25, 0.3) is 0 Å². The normalized spacial score (nSPS) is 16.9. The first kappa shape index (κ1) is 13.5. The molecule has 3 rings (SSSR count). The molecule has 4 nitrogen and oxygen atoms in total. The van der Waals surface area contributed by atoms with Crippen LogP contribution in [0, 0.1) is 13.8 Å². The van der Waals surface area contributed by atoms with Crippen LogP contribution in [0.1, 0.15) is 11.3 Å². The molecule has 1 saturated heterocycles. The van der Waals surface area contributed by atoms with Crippen LogP contribution in [0.3, 0.4) is 0 Å². The van der Waals surface area contributed by atoms with Crippen LogP contribution < -0.4 is 0 Å². The van der Waals surface area contributed by atoms with Crippen molar-refractivity contribution >= 4 is 10.9 Å². The van der Waals surface area contributed by atoms with E-state index >= 15 is 0 Å². The molecule has 108 valence electrons. The zero-order valence-corrected chi connectivity index (χ0v) is 12.2. The monoisotopic (exact) mass is 274 g/mol. The molecular formula is C16H22N2O2. The molecule has 1 fully saturated rings. The first-order valence-corrected chi connectivity index (χ1v) is 7.25. The number of phenols is 1. The van der Waals surface area contributed by atoms with Crippen molar-refractivity contribution in [2.24, 2.45) is 0 Å². The molecule has 0 atom stereocenters. The largest absolute Gasteiger partial charge is 0.508 e. The van der Waals surface area contributed by atoms with Gasteiger partial charge in [0, 0.05) is 37.3 Å². The summed E-state index contributed by atoms with van der Waals surface area (Å²) in [5.74, 6) is 0.348. The number of ether oxygens (including phenoxy) is 1. The Balaban J connectivity index is 1.85. The lowest BCUT2D eigenvalue weighted by Gasteiger charge is -2.27. The summed E-state index contributed by atoms with van der Waals surface area (Å²) < 4.78 is 7.75. The van der Waals surface area contributed by atoms with Crippen LogP contribution in [0.25, 0.3) is 10.9 Å². The summed E-state index contributed by atoms with van der Waals surface area (Å²) in [5.41, 5.74) is 3.63. The third-order valence-corrected chi connectivity index (χ3v) is 4.12. The van der Waals surface area contributed by atoms with E-state index in [1.165, 1.54) is 11.2 Å². The van der Waals surface area contributed by atoms with Gasteiger partial charge in [-0.25, -0.2) is 0 Å². The Bertz CT molecular complexity index is 612. The minimum atomic E-state index is 0.348. The molecule has 2 heterocycles. The summed E-state index contributed by atoms with van der Waals surface area (Å²) in [6, 6.07) is 5.84. The second-order valence-electron chi connectivity index (χ2n) is 5.59. The molecule has 4 heteroatoms. The summed E-state index contributed by atoms with van der Waals surface area (Å²) in [7, 11) is 0. The molecule has 2 aromatic rings. The van der Waals surface area contributed by atoms with E-state index in [-0.39, 0.29) is 0 Å². The van der Waals surface area contributed by atoms with Gasteiger partial charge in [0.15, 0.2) is 0 Å². The van der Waals surface area contributed by atoms with E-state index < -0.39 is 0 Å². The van der Waals surface area contributed by atoms with Crippen molar-refractivity contribution in [3.63, 3.8) is 0 Å². The highest BCUT2D eigenvalue weighted by Gasteiger charge is 2.13. The second-order valence-corrected chi connectivity index (χ2v) is 5.59. The smallest absolute Gasteiger partial charge is 0.116 e. The van der Waals surface area contributed by atoms with Gasteiger partial charge in [-0.05, 0) is 37.6 Å². The fourth-order valence-corrected chi connectivity index (χ4v) is 3.10. The quantitative estimate of drug-likeness (QED) is 0.933. The van der Waals surface area contributed by atoms with Crippen LogP contribution >= 0.6 is 0 Å². The maximum Gasteiger partial charge on any atom is 0.116 e. The molecule has 0 unspecified atom stereocenters. The fraction of sp³-hybridized carbons (Fsp3) is 0.500. The summed E-state index contributed by atoms with van der Waals surface area (Å²) in [6.45, 7) is 9.98. The first-order valence-electron chi connectivity index (χ1n) is 7.25. The standard InChI is InChI=1S/C16H22N2O2/c1-12-9-15(19)11-14-10-13(2)18(16(12)14)4-3-17-5-7-20-8-6-17/h9-11,19H,3-8H2,1-2H3. The molecule has 1 aliphatic rings. The molecule has 0 bridgehead atoms. The van der Waals surface area contributed by atoms with Gasteiger partial charge >= 0.3 is 0 Å². The maximum absolute atomic E-state index is 9.71.